The van der Waals surface area contributed by atoms with Gasteiger partial charge in [0.25, 0.3) is 0 Å². The van der Waals surface area contributed by atoms with Crippen molar-refractivity contribution in [1.29, 1.82) is 0 Å². The van der Waals surface area contributed by atoms with Crippen LogP contribution in [0.5, 0.6) is 0 Å². The predicted octanol–water partition coefficient (Wildman–Crippen LogP) is 4.73. The SMILES string of the molecule is Cc1c(-c2cccc3nnsc23)oc2c(N)ncc(-c3cnn(C4CCC(O)CC4)c3)c12. The molecular formula is C23H22N6O2S. The molecule has 162 valence electrons. The van der Waals surface area contributed by atoms with Crippen LogP contribution in [-0.2, 0) is 0 Å². The third-order valence-electron chi connectivity index (χ3n) is 6.45. The van der Waals surface area contributed by atoms with Crippen molar-refractivity contribution in [2.24, 2.45) is 0 Å². The molecule has 8 nitrogen and oxygen atoms in total. The van der Waals surface area contributed by atoms with E-state index in [1.54, 1.807) is 6.20 Å². The summed E-state index contributed by atoms with van der Waals surface area (Å²) >= 11 is 1.35. The molecule has 1 saturated carbocycles. The van der Waals surface area contributed by atoms with Crippen LogP contribution in [0.2, 0.25) is 0 Å². The van der Waals surface area contributed by atoms with Crippen molar-refractivity contribution in [2.75, 3.05) is 5.73 Å². The van der Waals surface area contributed by atoms with E-state index >= 15 is 0 Å². The van der Waals surface area contributed by atoms with Crippen LogP contribution in [0.4, 0.5) is 5.82 Å². The van der Waals surface area contributed by atoms with Gasteiger partial charge in [-0.3, -0.25) is 4.68 Å². The van der Waals surface area contributed by atoms with Gasteiger partial charge in [-0.25, -0.2) is 4.98 Å². The summed E-state index contributed by atoms with van der Waals surface area (Å²) in [4.78, 5) is 4.41. The molecule has 6 rings (SSSR count). The number of nitrogen functional groups attached to an aromatic ring is 1. The zero-order valence-electron chi connectivity index (χ0n) is 17.5. The Morgan fingerprint density at radius 1 is 1.16 bits per heavy atom. The Balaban J connectivity index is 1.48. The lowest BCUT2D eigenvalue weighted by atomic mass is 9.93. The number of aliphatic hydroxyl groups excluding tert-OH is 1. The fourth-order valence-electron chi connectivity index (χ4n) is 4.73. The van der Waals surface area contributed by atoms with Crippen molar-refractivity contribution in [3.63, 3.8) is 0 Å². The summed E-state index contributed by atoms with van der Waals surface area (Å²) in [5.41, 5.74) is 11.5. The third kappa shape index (κ3) is 3.00. The van der Waals surface area contributed by atoms with E-state index in [4.69, 9.17) is 10.2 Å². The summed E-state index contributed by atoms with van der Waals surface area (Å²) in [5.74, 6) is 1.12. The Morgan fingerprint density at radius 3 is 2.84 bits per heavy atom. The first kappa shape index (κ1) is 19.4. The van der Waals surface area contributed by atoms with Gasteiger partial charge in [-0.1, -0.05) is 10.6 Å². The summed E-state index contributed by atoms with van der Waals surface area (Å²) in [6.07, 6.45) is 9.04. The van der Waals surface area contributed by atoms with E-state index in [-0.39, 0.29) is 6.10 Å². The summed E-state index contributed by atoms with van der Waals surface area (Å²) in [7, 11) is 0. The molecule has 5 aromatic rings. The number of hydrogen-bond acceptors (Lipinski definition) is 8. The summed E-state index contributed by atoms with van der Waals surface area (Å²) in [5, 5.41) is 19.6. The maximum absolute atomic E-state index is 9.81. The largest absolute Gasteiger partial charge is 0.452 e. The van der Waals surface area contributed by atoms with E-state index < -0.39 is 0 Å². The number of fused-ring (bicyclic) bond motifs is 2. The second-order valence-corrected chi connectivity index (χ2v) is 9.17. The number of nitrogens with zero attached hydrogens (tertiary/aromatic N) is 5. The van der Waals surface area contributed by atoms with Gasteiger partial charge in [0, 0.05) is 40.0 Å². The first-order chi connectivity index (χ1) is 15.6. The molecule has 1 fully saturated rings. The molecule has 0 atom stereocenters. The minimum absolute atomic E-state index is 0.188. The zero-order chi connectivity index (χ0) is 21.8. The van der Waals surface area contributed by atoms with Crippen molar-refractivity contribution in [3.05, 3.63) is 42.4 Å². The Bertz CT molecular complexity index is 1440. The van der Waals surface area contributed by atoms with Crippen molar-refractivity contribution in [2.45, 2.75) is 44.8 Å². The number of aliphatic hydroxyl groups is 1. The molecule has 0 saturated heterocycles. The van der Waals surface area contributed by atoms with E-state index in [0.29, 0.717) is 17.4 Å². The molecule has 0 unspecified atom stereocenters. The van der Waals surface area contributed by atoms with E-state index in [2.05, 4.69) is 25.9 Å². The van der Waals surface area contributed by atoms with Gasteiger partial charge >= 0.3 is 0 Å². The summed E-state index contributed by atoms with van der Waals surface area (Å²) in [6, 6.07) is 6.23. The van der Waals surface area contributed by atoms with Gasteiger partial charge in [-0.2, -0.15) is 5.10 Å². The molecule has 1 aliphatic rings. The molecule has 32 heavy (non-hydrogen) atoms. The highest BCUT2D eigenvalue weighted by molar-refractivity contribution is 7.13. The number of nitrogens with two attached hydrogens (primary N) is 1. The molecule has 0 amide bonds. The number of furan rings is 1. The van der Waals surface area contributed by atoms with Crippen molar-refractivity contribution in [3.8, 4) is 22.5 Å². The molecule has 9 heteroatoms. The average molecular weight is 447 g/mol. The molecule has 0 bridgehead atoms. The second-order valence-electron chi connectivity index (χ2n) is 8.42. The highest BCUT2D eigenvalue weighted by Gasteiger charge is 2.24. The number of anilines is 1. The van der Waals surface area contributed by atoms with Crippen LogP contribution in [0.15, 0.2) is 41.2 Å². The first-order valence-electron chi connectivity index (χ1n) is 10.7. The Hall–Kier alpha value is -3.30. The van der Waals surface area contributed by atoms with E-state index in [0.717, 1.165) is 69.3 Å². The van der Waals surface area contributed by atoms with E-state index in [1.165, 1.54) is 11.5 Å². The van der Waals surface area contributed by atoms with Crippen molar-refractivity contribution in [1.82, 2.24) is 24.4 Å². The standard InChI is InChI=1S/C23H22N6O2S/c1-12-19-17(13-9-26-29(11-13)14-5-7-15(30)8-6-14)10-25-23(24)21(19)31-20(12)16-3-2-4-18-22(16)32-28-27-18/h2-4,9-11,14-15,30H,5-8H2,1H3,(H2,24,25). The fraction of sp³-hybridized carbons (Fsp3) is 0.304. The summed E-state index contributed by atoms with van der Waals surface area (Å²) in [6.45, 7) is 2.05. The molecule has 0 spiro atoms. The van der Waals surface area contributed by atoms with Crippen LogP contribution in [0, 0.1) is 6.92 Å². The van der Waals surface area contributed by atoms with E-state index in [1.807, 2.05) is 36.0 Å². The Labute approximate surface area is 187 Å². The number of rotatable bonds is 3. The molecule has 4 heterocycles. The third-order valence-corrected chi connectivity index (χ3v) is 7.23. The average Bonchev–Trinajstić information content (AvgIpc) is 3.54. The lowest BCUT2D eigenvalue weighted by Crippen LogP contribution is -2.21. The van der Waals surface area contributed by atoms with Crippen LogP contribution < -0.4 is 5.73 Å². The second kappa shape index (κ2) is 7.39. The molecule has 0 radical (unpaired) electrons. The van der Waals surface area contributed by atoms with Crippen molar-refractivity contribution < 1.29 is 9.52 Å². The number of aromatic nitrogens is 5. The number of pyridine rings is 1. The van der Waals surface area contributed by atoms with Gasteiger partial charge in [0.2, 0.25) is 0 Å². The maximum atomic E-state index is 9.81. The van der Waals surface area contributed by atoms with Crippen molar-refractivity contribution >= 4 is 38.5 Å². The lowest BCUT2D eigenvalue weighted by Gasteiger charge is -2.25. The van der Waals surface area contributed by atoms with Crippen LogP contribution in [0.25, 0.3) is 43.6 Å². The minimum Gasteiger partial charge on any atom is -0.452 e. The number of aryl methyl sites for hydroxylation is 1. The van der Waals surface area contributed by atoms with Gasteiger partial charge in [0.15, 0.2) is 11.4 Å². The van der Waals surface area contributed by atoms with Gasteiger partial charge in [0.05, 0.1) is 23.0 Å². The molecular weight excluding hydrogens is 424 g/mol. The first-order valence-corrected chi connectivity index (χ1v) is 11.5. The quantitative estimate of drug-likeness (QED) is 0.411. The number of hydrogen-bond donors (Lipinski definition) is 2. The zero-order valence-corrected chi connectivity index (χ0v) is 18.3. The Morgan fingerprint density at radius 2 is 2.00 bits per heavy atom. The topological polar surface area (TPSA) is 116 Å². The van der Waals surface area contributed by atoms with Gasteiger partial charge in [-0.05, 0) is 56.3 Å². The van der Waals surface area contributed by atoms with E-state index in [9.17, 15) is 5.11 Å². The Kier molecular flexibility index (Phi) is 4.48. The molecule has 3 N–H and O–H groups in total. The monoisotopic (exact) mass is 446 g/mol. The lowest BCUT2D eigenvalue weighted by molar-refractivity contribution is 0.108. The van der Waals surface area contributed by atoms with Crippen LogP contribution >= 0.6 is 11.5 Å². The van der Waals surface area contributed by atoms with Gasteiger partial charge in [0.1, 0.15) is 11.3 Å². The predicted molar refractivity (Wildman–Crippen MR) is 124 cm³/mol. The number of benzene rings is 1. The highest BCUT2D eigenvalue weighted by atomic mass is 32.1. The highest BCUT2D eigenvalue weighted by Crippen LogP contribution is 2.42. The normalized spacial score (nSPS) is 19.2. The minimum atomic E-state index is -0.188. The van der Waals surface area contributed by atoms with Crippen LogP contribution in [0.3, 0.4) is 0 Å². The maximum Gasteiger partial charge on any atom is 0.177 e. The fourth-order valence-corrected chi connectivity index (χ4v) is 5.41. The van der Waals surface area contributed by atoms with Crippen LogP contribution in [0.1, 0.15) is 37.3 Å². The molecule has 1 aliphatic carbocycles. The molecule has 1 aromatic carbocycles. The van der Waals surface area contributed by atoms with Crippen LogP contribution in [-0.4, -0.2) is 35.6 Å². The molecule has 0 aliphatic heterocycles. The summed E-state index contributed by atoms with van der Waals surface area (Å²) < 4.78 is 13.4. The van der Waals surface area contributed by atoms with Gasteiger partial charge in [-0.15, -0.1) is 5.10 Å². The smallest absolute Gasteiger partial charge is 0.177 e. The molecule has 4 aromatic heterocycles. The van der Waals surface area contributed by atoms with Gasteiger partial charge < -0.3 is 15.3 Å².